The van der Waals surface area contributed by atoms with Gasteiger partial charge in [-0.15, -0.1) is 0 Å². The fourth-order valence-corrected chi connectivity index (χ4v) is 5.16. The zero-order valence-corrected chi connectivity index (χ0v) is 20.2. The van der Waals surface area contributed by atoms with Crippen LogP contribution in [0.25, 0.3) is 39.3 Å². The van der Waals surface area contributed by atoms with Crippen molar-refractivity contribution < 1.29 is 4.57 Å². The van der Waals surface area contributed by atoms with Gasteiger partial charge in [0.15, 0.2) is 0 Å². The summed E-state index contributed by atoms with van der Waals surface area (Å²) in [4.78, 5) is 4.47. The first-order chi connectivity index (χ1) is 16.6. The zero-order chi connectivity index (χ0) is 23.7. The van der Waals surface area contributed by atoms with Crippen LogP contribution in [0.2, 0.25) is 0 Å². The van der Waals surface area contributed by atoms with Gasteiger partial charge in [-0.25, -0.2) is 0 Å². The molecule has 0 spiro atoms. The second-order valence-electron chi connectivity index (χ2n) is 8.88. The highest BCUT2D eigenvalue weighted by molar-refractivity contribution is 5.82. The Morgan fingerprint density at radius 2 is 0.882 bits per heavy atom. The van der Waals surface area contributed by atoms with Gasteiger partial charge >= 0.3 is 0 Å². The van der Waals surface area contributed by atoms with Crippen LogP contribution in [0.3, 0.4) is 0 Å². The number of rotatable bonds is 4. The Labute approximate surface area is 202 Å². The highest BCUT2D eigenvalue weighted by Gasteiger charge is 2.32. The molecule has 2 heteroatoms. The Morgan fingerprint density at radius 1 is 0.500 bits per heavy atom. The molecule has 5 rings (SSSR count). The maximum Gasteiger partial charge on any atom is 0.222 e. The molecule has 0 fully saturated rings. The van der Waals surface area contributed by atoms with Crippen LogP contribution in [0, 0.1) is 27.7 Å². The van der Waals surface area contributed by atoms with E-state index in [0.717, 1.165) is 11.1 Å². The molecule has 34 heavy (non-hydrogen) atoms. The number of pyridine rings is 2. The standard InChI is InChI=1S/C32H29N2/c1-22-20-33-21-23(2)30(22)34-31(27-16-10-6-11-17-27)24(3)29(26-14-8-5-9-15-26)25(4)32(34)28-18-12-7-13-19-28/h5-21H,1-4H3/q+1. The van der Waals surface area contributed by atoms with E-state index in [-0.39, 0.29) is 0 Å². The van der Waals surface area contributed by atoms with Crippen LogP contribution < -0.4 is 4.57 Å². The summed E-state index contributed by atoms with van der Waals surface area (Å²) >= 11 is 0. The van der Waals surface area contributed by atoms with Gasteiger partial charge in [-0.05, 0) is 57.5 Å². The quantitative estimate of drug-likeness (QED) is 0.263. The average molecular weight is 442 g/mol. The molecular formula is C32H29N2+. The second kappa shape index (κ2) is 9.07. The Bertz CT molecular complexity index is 1370. The minimum Gasteiger partial charge on any atom is -0.264 e. The zero-order valence-electron chi connectivity index (χ0n) is 20.2. The van der Waals surface area contributed by atoms with Gasteiger partial charge in [-0.2, -0.15) is 4.57 Å². The summed E-state index contributed by atoms with van der Waals surface area (Å²) in [6, 6.07) is 32.2. The van der Waals surface area contributed by atoms with Gasteiger partial charge in [0.1, 0.15) is 0 Å². The third kappa shape index (κ3) is 3.72. The van der Waals surface area contributed by atoms with Gasteiger partial charge in [0, 0.05) is 51.3 Å². The molecule has 0 aliphatic carbocycles. The molecule has 0 aliphatic rings. The molecule has 166 valence electrons. The predicted molar refractivity (Wildman–Crippen MR) is 141 cm³/mol. The van der Waals surface area contributed by atoms with Gasteiger partial charge in [0.2, 0.25) is 17.1 Å². The lowest BCUT2D eigenvalue weighted by molar-refractivity contribution is -0.573. The SMILES string of the molecule is Cc1cncc(C)c1-[n+]1c(-c2ccccc2)c(C)c(-c2ccccc2)c(C)c1-c1ccccc1. The summed E-state index contributed by atoms with van der Waals surface area (Å²) in [7, 11) is 0. The molecule has 2 aromatic heterocycles. The second-order valence-corrected chi connectivity index (χ2v) is 8.88. The van der Waals surface area contributed by atoms with Crippen LogP contribution in [0.1, 0.15) is 22.3 Å². The van der Waals surface area contributed by atoms with Crippen molar-refractivity contribution in [1.82, 2.24) is 4.98 Å². The largest absolute Gasteiger partial charge is 0.264 e. The fourth-order valence-electron chi connectivity index (χ4n) is 5.16. The number of aromatic nitrogens is 2. The van der Waals surface area contributed by atoms with Crippen LogP contribution in [0.15, 0.2) is 103 Å². The van der Waals surface area contributed by atoms with Crippen molar-refractivity contribution in [1.29, 1.82) is 0 Å². The van der Waals surface area contributed by atoms with Gasteiger partial charge in [-0.1, -0.05) is 66.7 Å². The third-order valence-corrected chi connectivity index (χ3v) is 6.57. The van der Waals surface area contributed by atoms with Crippen molar-refractivity contribution in [3.8, 4) is 39.3 Å². The fraction of sp³-hybridized carbons (Fsp3) is 0.125. The normalized spacial score (nSPS) is 10.9. The summed E-state index contributed by atoms with van der Waals surface area (Å²) in [6.07, 6.45) is 3.93. The van der Waals surface area contributed by atoms with E-state index in [0.29, 0.717) is 0 Å². The molecule has 2 nitrogen and oxygen atoms in total. The van der Waals surface area contributed by atoms with E-state index in [9.17, 15) is 0 Å². The van der Waals surface area contributed by atoms with Crippen molar-refractivity contribution >= 4 is 0 Å². The molecule has 0 N–H and O–H groups in total. The van der Waals surface area contributed by atoms with Crippen LogP contribution >= 0.6 is 0 Å². The summed E-state index contributed by atoms with van der Waals surface area (Å²) in [5, 5.41) is 0. The highest BCUT2D eigenvalue weighted by Crippen LogP contribution is 2.38. The van der Waals surface area contributed by atoms with E-state index >= 15 is 0 Å². The molecule has 3 aromatic carbocycles. The van der Waals surface area contributed by atoms with Gasteiger partial charge in [-0.3, -0.25) is 4.98 Å². The van der Waals surface area contributed by atoms with E-state index < -0.39 is 0 Å². The Kier molecular flexibility index (Phi) is 5.81. The molecule has 2 heterocycles. The maximum atomic E-state index is 4.47. The summed E-state index contributed by atoms with van der Waals surface area (Å²) in [5.41, 5.74) is 13.4. The van der Waals surface area contributed by atoms with Crippen molar-refractivity contribution in [3.05, 3.63) is 126 Å². The topological polar surface area (TPSA) is 16.8 Å². The average Bonchev–Trinajstić information content (AvgIpc) is 2.86. The minimum atomic E-state index is 1.16. The van der Waals surface area contributed by atoms with Gasteiger partial charge < -0.3 is 0 Å². The van der Waals surface area contributed by atoms with Crippen molar-refractivity contribution in [2.24, 2.45) is 0 Å². The highest BCUT2D eigenvalue weighted by atomic mass is 15.0. The number of benzene rings is 3. The molecule has 0 amide bonds. The smallest absolute Gasteiger partial charge is 0.222 e. The van der Waals surface area contributed by atoms with Crippen molar-refractivity contribution in [3.63, 3.8) is 0 Å². The van der Waals surface area contributed by atoms with E-state index in [1.807, 2.05) is 12.4 Å². The van der Waals surface area contributed by atoms with Crippen LogP contribution in [-0.2, 0) is 0 Å². The van der Waals surface area contributed by atoms with E-state index in [2.05, 4.69) is 128 Å². The number of hydrogen-bond donors (Lipinski definition) is 0. The molecule has 0 saturated carbocycles. The molecule has 0 saturated heterocycles. The lowest BCUT2D eigenvalue weighted by Gasteiger charge is -2.20. The molecule has 5 aromatic rings. The Morgan fingerprint density at radius 3 is 1.29 bits per heavy atom. The Balaban J connectivity index is 2.04. The minimum absolute atomic E-state index is 1.16. The van der Waals surface area contributed by atoms with Crippen LogP contribution in [0.5, 0.6) is 0 Å². The van der Waals surface area contributed by atoms with E-state index in [1.165, 1.54) is 50.5 Å². The molecule has 0 radical (unpaired) electrons. The van der Waals surface area contributed by atoms with Crippen molar-refractivity contribution in [2.45, 2.75) is 27.7 Å². The van der Waals surface area contributed by atoms with Crippen molar-refractivity contribution in [2.75, 3.05) is 0 Å². The summed E-state index contributed by atoms with van der Waals surface area (Å²) in [5.74, 6) is 0. The first-order valence-electron chi connectivity index (χ1n) is 11.7. The van der Waals surface area contributed by atoms with E-state index in [1.54, 1.807) is 0 Å². The first-order valence-corrected chi connectivity index (χ1v) is 11.7. The van der Waals surface area contributed by atoms with Crippen LogP contribution in [0.4, 0.5) is 0 Å². The first kappa shape index (κ1) is 21.8. The number of aryl methyl sites for hydroxylation is 2. The van der Waals surface area contributed by atoms with Gasteiger partial charge in [0.05, 0.1) is 0 Å². The summed E-state index contributed by atoms with van der Waals surface area (Å²) in [6.45, 7) is 8.83. The maximum absolute atomic E-state index is 4.47. The molecule has 0 bridgehead atoms. The Hall–Kier alpha value is -4.04. The summed E-state index contributed by atoms with van der Waals surface area (Å²) < 4.78 is 2.47. The van der Waals surface area contributed by atoms with E-state index in [4.69, 9.17) is 0 Å². The predicted octanol–water partition coefficient (Wildman–Crippen LogP) is 7.59. The molecule has 0 atom stereocenters. The van der Waals surface area contributed by atoms with Gasteiger partial charge in [0.25, 0.3) is 0 Å². The lowest BCUT2D eigenvalue weighted by atomic mass is 9.88. The molecule has 0 unspecified atom stereocenters. The number of hydrogen-bond acceptors (Lipinski definition) is 1. The monoisotopic (exact) mass is 441 g/mol. The van der Waals surface area contributed by atoms with Crippen LogP contribution in [-0.4, -0.2) is 4.98 Å². The third-order valence-electron chi connectivity index (χ3n) is 6.57. The number of nitrogens with zero attached hydrogens (tertiary/aromatic N) is 2. The molecular weight excluding hydrogens is 412 g/mol. The molecule has 0 aliphatic heterocycles. The lowest BCUT2D eigenvalue weighted by Crippen LogP contribution is -2.40.